The van der Waals surface area contributed by atoms with Crippen LogP contribution in [-0.4, -0.2) is 6.10 Å². The molecule has 2 aromatic carbocycles. The summed E-state index contributed by atoms with van der Waals surface area (Å²) in [6, 6.07) is 8.47. The minimum absolute atomic E-state index is 0.152. The molecule has 4 heteroatoms. The first-order valence-corrected chi connectivity index (χ1v) is 6.54. The first kappa shape index (κ1) is 13.1. The zero-order valence-corrected chi connectivity index (χ0v) is 11.1. The molecule has 0 amide bonds. The van der Waals surface area contributed by atoms with Crippen molar-refractivity contribution in [3.05, 3.63) is 64.7 Å². The van der Waals surface area contributed by atoms with Crippen molar-refractivity contribution in [3.63, 3.8) is 0 Å². The molecule has 2 nitrogen and oxygen atoms in total. The first-order chi connectivity index (χ1) is 9.54. The minimum atomic E-state index is -0.623. The van der Waals surface area contributed by atoms with Gasteiger partial charge in [-0.3, -0.25) is 0 Å². The van der Waals surface area contributed by atoms with Crippen molar-refractivity contribution in [1.29, 1.82) is 0 Å². The van der Waals surface area contributed by atoms with Crippen molar-refractivity contribution >= 4 is 0 Å². The largest absolute Gasteiger partial charge is 0.490 e. The Kier molecular flexibility index (Phi) is 3.18. The molecule has 0 fully saturated rings. The van der Waals surface area contributed by atoms with Gasteiger partial charge in [0.1, 0.15) is 23.5 Å². The lowest BCUT2D eigenvalue weighted by Gasteiger charge is -2.14. The van der Waals surface area contributed by atoms with E-state index in [2.05, 4.69) is 0 Å². The summed E-state index contributed by atoms with van der Waals surface area (Å²) in [5, 5.41) is 0. The topological polar surface area (TPSA) is 35.2 Å². The van der Waals surface area contributed by atoms with E-state index < -0.39 is 17.7 Å². The Morgan fingerprint density at radius 3 is 2.75 bits per heavy atom. The van der Waals surface area contributed by atoms with Gasteiger partial charge in [-0.1, -0.05) is 18.2 Å². The summed E-state index contributed by atoms with van der Waals surface area (Å²) in [5.41, 5.74) is 8.26. The summed E-state index contributed by atoms with van der Waals surface area (Å²) in [6.45, 7) is 2.00. The molecular formula is C16H15F2NO. The summed E-state index contributed by atoms with van der Waals surface area (Å²) >= 11 is 0. The fourth-order valence-electron chi connectivity index (χ4n) is 2.57. The van der Waals surface area contributed by atoms with E-state index in [1.165, 1.54) is 12.1 Å². The Hall–Kier alpha value is -1.94. The van der Waals surface area contributed by atoms with Crippen LogP contribution in [0.1, 0.15) is 29.7 Å². The number of benzene rings is 2. The zero-order valence-electron chi connectivity index (χ0n) is 11.1. The van der Waals surface area contributed by atoms with E-state index in [0.717, 1.165) is 29.4 Å². The van der Waals surface area contributed by atoms with Crippen LogP contribution in [0.3, 0.4) is 0 Å². The van der Waals surface area contributed by atoms with Crippen molar-refractivity contribution in [2.45, 2.75) is 25.5 Å². The number of hydrogen-bond donors (Lipinski definition) is 1. The molecule has 0 saturated carbocycles. The Labute approximate surface area is 116 Å². The zero-order chi connectivity index (χ0) is 14.3. The normalized spacial score (nSPS) is 18.5. The molecule has 0 aromatic heterocycles. The van der Waals surface area contributed by atoms with Crippen molar-refractivity contribution in [2.24, 2.45) is 5.73 Å². The highest BCUT2D eigenvalue weighted by Crippen LogP contribution is 2.32. The predicted octanol–water partition coefficient (Wildman–Crippen LogP) is 3.34. The second-order valence-electron chi connectivity index (χ2n) is 5.14. The van der Waals surface area contributed by atoms with Gasteiger partial charge in [0.2, 0.25) is 0 Å². The second-order valence-corrected chi connectivity index (χ2v) is 5.14. The molecule has 1 aliphatic rings. The maximum absolute atomic E-state index is 13.8. The van der Waals surface area contributed by atoms with Crippen LogP contribution in [0.4, 0.5) is 8.78 Å². The van der Waals surface area contributed by atoms with Gasteiger partial charge in [-0.2, -0.15) is 0 Å². The predicted molar refractivity (Wildman–Crippen MR) is 72.6 cm³/mol. The SMILES string of the molecule is CC1Cc2cc(C(N)c3ccc(F)cc3F)ccc2O1. The van der Waals surface area contributed by atoms with Crippen LogP contribution in [0.25, 0.3) is 0 Å². The van der Waals surface area contributed by atoms with Gasteiger partial charge in [-0.25, -0.2) is 8.78 Å². The van der Waals surface area contributed by atoms with Gasteiger partial charge in [0.25, 0.3) is 0 Å². The third-order valence-electron chi connectivity index (χ3n) is 3.58. The van der Waals surface area contributed by atoms with Crippen LogP contribution >= 0.6 is 0 Å². The van der Waals surface area contributed by atoms with Gasteiger partial charge in [0.05, 0.1) is 6.04 Å². The number of ether oxygens (including phenoxy) is 1. The Balaban J connectivity index is 1.95. The fourth-order valence-corrected chi connectivity index (χ4v) is 2.57. The molecule has 2 aromatic rings. The molecule has 3 rings (SSSR count). The number of halogens is 2. The lowest BCUT2D eigenvalue weighted by Crippen LogP contribution is -2.14. The number of hydrogen-bond acceptors (Lipinski definition) is 2. The molecule has 104 valence electrons. The smallest absolute Gasteiger partial charge is 0.131 e. The van der Waals surface area contributed by atoms with Gasteiger partial charge < -0.3 is 10.5 Å². The minimum Gasteiger partial charge on any atom is -0.490 e. The van der Waals surface area contributed by atoms with E-state index in [1.807, 2.05) is 25.1 Å². The fraction of sp³-hybridized carbons (Fsp3) is 0.250. The van der Waals surface area contributed by atoms with E-state index in [4.69, 9.17) is 10.5 Å². The number of rotatable bonds is 2. The van der Waals surface area contributed by atoms with Gasteiger partial charge in [0, 0.05) is 18.1 Å². The maximum atomic E-state index is 13.8. The van der Waals surface area contributed by atoms with Gasteiger partial charge >= 0.3 is 0 Å². The van der Waals surface area contributed by atoms with Crippen molar-refractivity contribution in [3.8, 4) is 5.75 Å². The Morgan fingerprint density at radius 2 is 2.00 bits per heavy atom. The molecule has 1 aliphatic heterocycles. The quantitative estimate of drug-likeness (QED) is 0.912. The van der Waals surface area contributed by atoms with Crippen molar-refractivity contribution in [2.75, 3.05) is 0 Å². The molecule has 2 atom stereocenters. The molecule has 20 heavy (non-hydrogen) atoms. The highest BCUT2D eigenvalue weighted by molar-refractivity contribution is 5.43. The Bertz CT molecular complexity index is 657. The average molecular weight is 275 g/mol. The van der Waals surface area contributed by atoms with E-state index >= 15 is 0 Å². The standard InChI is InChI=1S/C16H15F2NO/c1-9-6-11-7-10(2-5-15(11)20-9)16(19)13-4-3-12(17)8-14(13)18/h2-5,7-9,16H,6,19H2,1H3. The molecule has 2 N–H and O–H groups in total. The molecule has 0 aliphatic carbocycles. The summed E-state index contributed by atoms with van der Waals surface area (Å²) in [5.74, 6) is -0.370. The number of fused-ring (bicyclic) bond motifs is 1. The maximum Gasteiger partial charge on any atom is 0.131 e. The van der Waals surface area contributed by atoms with Crippen LogP contribution in [0.2, 0.25) is 0 Å². The lowest BCUT2D eigenvalue weighted by atomic mass is 9.96. The third kappa shape index (κ3) is 2.27. The number of nitrogens with two attached hydrogens (primary N) is 1. The molecule has 1 heterocycles. The Morgan fingerprint density at radius 1 is 1.20 bits per heavy atom. The molecule has 2 unspecified atom stereocenters. The van der Waals surface area contributed by atoms with Crippen LogP contribution in [-0.2, 0) is 6.42 Å². The first-order valence-electron chi connectivity index (χ1n) is 6.54. The molecule has 0 spiro atoms. The van der Waals surface area contributed by atoms with Gasteiger partial charge in [-0.05, 0) is 30.2 Å². The summed E-state index contributed by atoms with van der Waals surface area (Å²) < 4.78 is 32.3. The summed E-state index contributed by atoms with van der Waals surface area (Å²) in [6.07, 6.45) is 0.973. The van der Waals surface area contributed by atoms with Crippen LogP contribution in [0.15, 0.2) is 36.4 Å². The van der Waals surface area contributed by atoms with Crippen LogP contribution < -0.4 is 10.5 Å². The highest BCUT2D eigenvalue weighted by atomic mass is 19.1. The van der Waals surface area contributed by atoms with E-state index in [1.54, 1.807) is 0 Å². The van der Waals surface area contributed by atoms with E-state index in [-0.39, 0.29) is 6.10 Å². The lowest BCUT2D eigenvalue weighted by molar-refractivity contribution is 0.254. The molecular weight excluding hydrogens is 260 g/mol. The molecule has 0 bridgehead atoms. The van der Waals surface area contributed by atoms with Gasteiger partial charge in [-0.15, -0.1) is 0 Å². The van der Waals surface area contributed by atoms with Crippen molar-refractivity contribution < 1.29 is 13.5 Å². The molecule has 0 radical (unpaired) electrons. The third-order valence-corrected chi connectivity index (χ3v) is 3.58. The molecule has 0 saturated heterocycles. The highest BCUT2D eigenvalue weighted by Gasteiger charge is 2.21. The second kappa shape index (κ2) is 4.87. The van der Waals surface area contributed by atoms with E-state index in [0.29, 0.717) is 5.56 Å². The monoisotopic (exact) mass is 275 g/mol. The van der Waals surface area contributed by atoms with E-state index in [9.17, 15) is 8.78 Å². The average Bonchev–Trinajstić information content (AvgIpc) is 2.77. The summed E-state index contributed by atoms with van der Waals surface area (Å²) in [7, 11) is 0. The van der Waals surface area contributed by atoms with Crippen LogP contribution in [0, 0.1) is 11.6 Å². The van der Waals surface area contributed by atoms with Crippen LogP contribution in [0.5, 0.6) is 5.75 Å². The van der Waals surface area contributed by atoms with Crippen molar-refractivity contribution in [1.82, 2.24) is 0 Å². The van der Waals surface area contributed by atoms with Gasteiger partial charge in [0.15, 0.2) is 0 Å². The summed E-state index contributed by atoms with van der Waals surface area (Å²) in [4.78, 5) is 0.